The molecular weight excluding hydrogens is 170 g/mol. The highest BCUT2D eigenvalue weighted by atomic mass is 79.9. The molecule has 0 aromatic heterocycles. The molecule has 0 bridgehead atoms. The number of alkyl halides is 1. The van der Waals surface area contributed by atoms with Gasteiger partial charge in [-0.15, -0.1) is 0 Å². The molecule has 2 unspecified atom stereocenters. The van der Waals surface area contributed by atoms with Gasteiger partial charge in [-0.1, -0.05) is 15.9 Å². The van der Waals surface area contributed by atoms with Crippen molar-refractivity contribution in [1.82, 2.24) is 10.6 Å². The Balaban J connectivity index is 2.19. The molecule has 48 valence electrons. The number of hydrogen-bond acceptors (Lipinski definition) is 3. The molecule has 4 heteroatoms. The van der Waals surface area contributed by atoms with Gasteiger partial charge in [-0.2, -0.15) is 0 Å². The Morgan fingerprint density at radius 2 is 2.12 bits per heavy atom. The highest BCUT2D eigenvalue weighted by molar-refractivity contribution is 9.09. The Morgan fingerprint density at radius 3 is 2.50 bits per heavy atom. The molecule has 1 saturated heterocycles. The zero-order chi connectivity index (χ0) is 5.98. The van der Waals surface area contributed by atoms with Gasteiger partial charge in [0.25, 0.3) is 0 Å². The molecule has 0 saturated carbocycles. The van der Waals surface area contributed by atoms with Crippen LogP contribution in [0.4, 0.5) is 0 Å². The van der Waals surface area contributed by atoms with E-state index in [0.29, 0.717) is 4.95 Å². The van der Waals surface area contributed by atoms with E-state index < -0.39 is 0 Å². The van der Waals surface area contributed by atoms with Crippen LogP contribution < -0.4 is 16.4 Å². The summed E-state index contributed by atoms with van der Waals surface area (Å²) in [5.41, 5.74) is 5.50. The van der Waals surface area contributed by atoms with Crippen LogP contribution in [-0.4, -0.2) is 24.2 Å². The van der Waals surface area contributed by atoms with Crippen molar-refractivity contribution in [2.45, 2.75) is 11.1 Å². The minimum atomic E-state index is 0.129. The van der Waals surface area contributed by atoms with E-state index in [2.05, 4.69) is 26.6 Å². The van der Waals surface area contributed by atoms with Gasteiger partial charge >= 0.3 is 0 Å². The van der Waals surface area contributed by atoms with Gasteiger partial charge in [0.05, 0.1) is 11.1 Å². The summed E-state index contributed by atoms with van der Waals surface area (Å²) in [6.45, 7) is 1.75. The number of rotatable bonds is 0. The van der Waals surface area contributed by atoms with Gasteiger partial charge < -0.3 is 11.1 Å². The minimum absolute atomic E-state index is 0.129. The van der Waals surface area contributed by atoms with E-state index in [1.165, 1.54) is 0 Å². The zero-order valence-electron chi connectivity index (χ0n) is 4.52. The van der Waals surface area contributed by atoms with Gasteiger partial charge in [0.2, 0.25) is 0 Å². The summed E-state index contributed by atoms with van der Waals surface area (Å²) in [5.74, 6) is 0. The fourth-order valence-electron chi connectivity index (χ4n) is 0.654. The van der Waals surface area contributed by atoms with Crippen molar-refractivity contribution in [1.29, 1.82) is 0 Å². The topological polar surface area (TPSA) is 50.1 Å². The first-order chi connectivity index (χ1) is 3.79. The molecule has 1 fully saturated rings. The van der Waals surface area contributed by atoms with Crippen molar-refractivity contribution >= 4 is 15.9 Å². The third kappa shape index (κ3) is 1.70. The Kier molecular flexibility index (Phi) is 2.25. The Hall–Kier alpha value is 0.360. The quantitative estimate of drug-likeness (QED) is 0.337. The van der Waals surface area contributed by atoms with Crippen LogP contribution in [0.25, 0.3) is 0 Å². The lowest BCUT2D eigenvalue weighted by atomic mass is 10.4. The van der Waals surface area contributed by atoms with Gasteiger partial charge in [0.1, 0.15) is 0 Å². The molecule has 8 heavy (non-hydrogen) atoms. The highest BCUT2D eigenvalue weighted by Gasteiger charge is 2.12. The average molecular weight is 180 g/mol. The smallest absolute Gasteiger partial charge is 0.0758 e. The number of nitrogens with two attached hydrogens (primary N) is 1. The fraction of sp³-hybridized carbons (Fsp3) is 1.00. The molecule has 1 rings (SSSR count). The zero-order valence-corrected chi connectivity index (χ0v) is 6.11. The molecule has 1 aliphatic heterocycles. The summed E-state index contributed by atoms with van der Waals surface area (Å²) < 4.78 is 0. The van der Waals surface area contributed by atoms with E-state index in [9.17, 15) is 0 Å². The van der Waals surface area contributed by atoms with Crippen LogP contribution in [-0.2, 0) is 0 Å². The van der Waals surface area contributed by atoms with E-state index in [0.717, 1.165) is 13.1 Å². The molecular formula is C4H10BrN3. The van der Waals surface area contributed by atoms with Crippen LogP contribution in [0.2, 0.25) is 0 Å². The lowest BCUT2D eigenvalue weighted by Gasteiger charge is -2.24. The molecule has 0 radical (unpaired) electrons. The van der Waals surface area contributed by atoms with Crippen LogP contribution in [0.5, 0.6) is 0 Å². The largest absolute Gasteiger partial charge is 0.315 e. The van der Waals surface area contributed by atoms with Crippen LogP contribution in [0.1, 0.15) is 0 Å². The van der Waals surface area contributed by atoms with Crippen molar-refractivity contribution in [3.05, 3.63) is 0 Å². The van der Waals surface area contributed by atoms with E-state index in [-0.39, 0.29) is 6.17 Å². The molecule has 0 amide bonds. The van der Waals surface area contributed by atoms with Crippen molar-refractivity contribution in [3.8, 4) is 0 Å². The van der Waals surface area contributed by atoms with Crippen LogP contribution >= 0.6 is 15.9 Å². The summed E-state index contributed by atoms with van der Waals surface area (Å²) in [6.07, 6.45) is 0.129. The second kappa shape index (κ2) is 2.77. The first kappa shape index (κ1) is 6.48. The summed E-state index contributed by atoms with van der Waals surface area (Å²) >= 11 is 3.39. The van der Waals surface area contributed by atoms with Crippen molar-refractivity contribution in [2.75, 3.05) is 13.1 Å². The second-order valence-corrected chi connectivity index (χ2v) is 3.00. The Labute approximate surface area is 57.1 Å². The third-order valence-electron chi connectivity index (χ3n) is 1.12. The van der Waals surface area contributed by atoms with Crippen LogP contribution in [0.3, 0.4) is 0 Å². The first-order valence-corrected chi connectivity index (χ1v) is 3.57. The van der Waals surface area contributed by atoms with E-state index >= 15 is 0 Å². The number of hydrogen-bond donors (Lipinski definition) is 3. The molecule has 0 spiro atoms. The number of nitrogens with one attached hydrogen (secondary N) is 2. The van der Waals surface area contributed by atoms with Gasteiger partial charge in [0, 0.05) is 13.1 Å². The monoisotopic (exact) mass is 179 g/mol. The lowest BCUT2D eigenvalue weighted by molar-refractivity contribution is 0.414. The van der Waals surface area contributed by atoms with Crippen molar-refractivity contribution in [3.63, 3.8) is 0 Å². The number of piperazine rings is 1. The fourth-order valence-corrected chi connectivity index (χ4v) is 1.03. The third-order valence-corrected chi connectivity index (χ3v) is 1.77. The SMILES string of the molecule is NC1CNC(Br)CN1. The van der Waals surface area contributed by atoms with Gasteiger partial charge in [-0.05, 0) is 0 Å². The Bertz CT molecular complexity index is 59.7. The van der Waals surface area contributed by atoms with E-state index in [1.54, 1.807) is 0 Å². The molecule has 1 heterocycles. The van der Waals surface area contributed by atoms with E-state index in [1.807, 2.05) is 0 Å². The highest BCUT2D eigenvalue weighted by Crippen LogP contribution is 1.95. The predicted molar refractivity (Wildman–Crippen MR) is 36.7 cm³/mol. The summed E-state index contributed by atoms with van der Waals surface area (Å²) in [7, 11) is 0. The second-order valence-electron chi connectivity index (χ2n) is 1.89. The van der Waals surface area contributed by atoms with Crippen LogP contribution in [0.15, 0.2) is 0 Å². The standard InChI is InChI=1S/C4H10BrN3/c5-3-1-8-4(6)2-7-3/h3-4,7-8H,1-2,6H2. The first-order valence-electron chi connectivity index (χ1n) is 2.65. The van der Waals surface area contributed by atoms with Gasteiger partial charge in [0.15, 0.2) is 0 Å². The average Bonchev–Trinajstić information content (AvgIpc) is 1.77. The summed E-state index contributed by atoms with van der Waals surface area (Å²) in [5, 5.41) is 6.26. The van der Waals surface area contributed by atoms with Crippen molar-refractivity contribution in [2.24, 2.45) is 5.73 Å². The molecule has 4 N–H and O–H groups in total. The summed E-state index contributed by atoms with van der Waals surface area (Å²) in [6, 6.07) is 0. The Morgan fingerprint density at radius 1 is 1.38 bits per heavy atom. The lowest BCUT2D eigenvalue weighted by Crippen LogP contribution is -2.56. The van der Waals surface area contributed by atoms with Gasteiger partial charge in [-0.25, -0.2) is 0 Å². The molecule has 0 aromatic carbocycles. The van der Waals surface area contributed by atoms with Crippen LogP contribution in [0, 0.1) is 0 Å². The van der Waals surface area contributed by atoms with Gasteiger partial charge in [-0.3, -0.25) is 5.32 Å². The molecule has 2 atom stereocenters. The number of halogens is 1. The maximum absolute atomic E-state index is 5.50. The van der Waals surface area contributed by atoms with Crippen molar-refractivity contribution < 1.29 is 0 Å². The summed E-state index contributed by atoms with van der Waals surface area (Å²) in [4.78, 5) is 0.391. The predicted octanol–water partition coefficient (Wildman–Crippen LogP) is -0.815. The molecule has 0 aliphatic carbocycles. The minimum Gasteiger partial charge on any atom is -0.315 e. The maximum atomic E-state index is 5.50. The van der Waals surface area contributed by atoms with E-state index in [4.69, 9.17) is 5.73 Å². The maximum Gasteiger partial charge on any atom is 0.0758 e. The molecule has 1 aliphatic rings. The normalized spacial score (nSPS) is 39.8. The molecule has 3 nitrogen and oxygen atoms in total. The molecule has 0 aromatic rings.